The quantitative estimate of drug-likeness (QED) is 0.0198. The molecule has 1 aromatic rings. The van der Waals surface area contributed by atoms with Crippen molar-refractivity contribution >= 4 is 11.7 Å². The molecule has 1 saturated heterocycles. The zero-order valence-corrected chi connectivity index (χ0v) is 35.3. The van der Waals surface area contributed by atoms with Crippen LogP contribution in [0.4, 0.5) is 0 Å². The minimum absolute atomic E-state index is 0.0201. The number of hydrogen-bond donors (Lipinski definition) is 5. The van der Waals surface area contributed by atoms with Gasteiger partial charge in [-0.15, -0.1) is 0 Å². The van der Waals surface area contributed by atoms with E-state index in [1.807, 2.05) is 36.4 Å². The Morgan fingerprint density at radius 1 is 0.842 bits per heavy atom. The van der Waals surface area contributed by atoms with Gasteiger partial charge in [0, 0.05) is 30.6 Å². The molecule has 2 rings (SSSR count). The van der Waals surface area contributed by atoms with Crippen LogP contribution in [0.15, 0.2) is 66.8 Å². The molecular formula is C47H79NO9. The summed E-state index contributed by atoms with van der Waals surface area (Å²) in [6.45, 7) is 6.98. The van der Waals surface area contributed by atoms with Crippen molar-refractivity contribution in [3.05, 3.63) is 72.4 Å². The first-order valence-electron chi connectivity index (χ1n) is 22.1. The Labute approximate surface area is 345 Å². The highest BCUT2D eigenvalue weighted by molar-refractivity contribution is 6.10. The summed E-state index contributed by atoms with van der Waals surface area (Å²) in [5.74, 6) is -0.238. The second-order valence-electron chi connectivity index (χ2n) is 15.3. The van der Waals surface area contributed by atoms with Gasteiger partial charge in [-0.05, 0) is 31.8 Å². The summed E-state index contributed by atoms with van der Waals surface area (Å²) >= 11 is 0. The van der Waals surface area contributed by atoms with E-state index in [9.17, 15) is 24.9 Å². The van der Waals surface area contributed by atoms with Crippen molar-refractivity contribution in [1.29, 1.82) is 0 Å². The molecule has 6 N–H and O–H groups in total. The number of rotatable bonds is 34. The molecule has 1 aliphatic rings. The van der Waals surface area contributed by atoms with Gasteiger partial charge in [-0.2, -0.15) is 0 Å². The Balaban J connectivity index is 0.000000573. The van der Waals surface area contributed by atoms with E-state index in [0.717, 1.165) is 51.4 Å². The molecule has 326 valence electrons. The smallest absolute Gasteiger partial charge is 0.217 e. The maximum atomic E-state index is 12.5. The first-order chi connectivity index (χ1) is 27.7. The number of ketones is 1. The lowest BCUT2D eigenvalue weighted by atomic mass is 10.0. The number of Topliss-reactive ketones (excluding diaryl/α,β-unsaturated/α-hetero) is 1. The first kappa shape index (κ1) is 52.3. The van der Waals surface area contributed by atoms with Gasteiger partial charge in [0.2, 0.25) is 5.91 Å². The monoisotopic (exact) mass is 802 g/mol. The number of allylic oxidation sites excluding steroid dienone is 4. The van der Waals surface area contributed by atoms with Crippen molar-refractivity contribution in [3.8, 4) is 0 Å². The Kier molecular flexibility index (Phi) is 33.4. The van der Waals surface area contributed by atoms with Gasteiger partial charge in [0.25, 0.3) is 0 Å². The fourth-order valence-corrected chi connectivity index (χ4v) is 6.66. The highest BCUT2D eigenvalue weighted by Crippen LogP contribution is 2.22. The second kappa shape index (κ2) is 36.4. The van der Waals surface area contributed by atoms with Crippen molar-refractivity contribution in [2.24, 2.45) is 5.73 Å². The summed E-state index contributed by atoms with van der Waals surface area (Å²) in [6, 6.07) is 9.21. The van der Waals surface area contributed by atoms with Gasteiger partial charge in [0.1, 0.15) is 12.2 Å². The lowest BCUT2D eigenvalue weighted by Gasteiger charge is -2.36. The minimum Gasteiger partial charge on any atom is -0.394 e. The Morgan fingerprint density at radius 2 is 1.42 bits per heavy atom. The normalized spacial score (nSPS) is 18.9. The lowest BCUT2D eigenvalue weighted by molar-refractivity contribution is -0.257. The van der Waals surface area contributed by atoms with Crippen LogP contribution in [0.3, 0.4) is 0 Å². The Bertz CT molecular complexity index is 1190. The zero-order valence-electron chi connectivity index (χ0n) is 35.3. The second-order valence-corrected chi connectivity index (χ2v) is 15.3. The number of primary amides is 1. The summed E-state index contributed by atoms with van der Waals surface area (Å²) < 4.78 is 16.6. The first-order valence-corrected chi connectivity index (χ1v) is 22.1. The predicted molar refractivity (Wildman–Crippen MR) is 230 cm³/mol. The number of hydrogen-bond acceptors (Lipinski definition) is 9. The number of aliphatic hydroxyl groups excluding tert-OH is 4. The number of amides is 1. The molecule has 1 aromatic carbocycles. The van der Waals surface area contributed by atoms with Crippen LogP contribution in [0.2, 0.25) is 0 Å². The molecular weight excluding hydrogens is 723 g/mol. The molecule has 0 aromatic heterocycles. The van der Waals surface area contributed by atoms with E-state index in [1.165, 1.54) is 77.0 Å². The van der Waals surface area contributed by atoms with Crippen LogP contribution in [0.5, 0.6) is 0 Å². The average Bonchev–Trinajstić information content (AvgIpc) is 3.21. The highest BCUT2D eigenvalue weighted by atomic mass is 16.7. The van der Waals surface area contributed by atoms with E-state index in [-0.39, 0.29) is 30.8 Å². The molecule has 5 atom stereocenters. The number of nitrogens with two attached hydrogens (primary N) is 1. The summed E-state index contributed by atoms with van der Waals surface area (Å²) in [5, 5.41) is 38.7. The van der Waals surface area contributed by atoms with Gasteiger partial charge in [-0.25, -0.2) is 0 Å². The summed E-state index contributed by atoms with van der Waals surface area (Å²) in [6.07, 6.45) is 28.5. The van der Waals surface area contributed by atoms with Crippen molar-refractivity contribution in [3.63, 3.8) is 0 Å². The Hall–Kier alpha value is -2.70. The number of unbranched alkanes of at least 4 members (excludes halogenated alkanes) is 17. The molecule has 1 heterocycles. The van der Waals surface area contributed by atoms with Crippen LogP contribution in [0.1, 0.15) is 165 Å². The van der Waals surface area contributed by atoms with Crippen molar-refractivity contribution in [2.45, 2.75) is 185 Å². The standard InChI is InChI=1S/C24H48O6.C23H31NO3/c1-2-3-4-5-6-7-8-9-10-11-12-13-14-15-20(26)16-17-29-23-18-21(27)24(28)22(19-25)30-23;1-2-3-13-21(23(26)20-14-9-8-10-15-20)17-19-27-18-12-7-5-4-6-11-16-22(24)25/h20-28H,2-19H2,1H3;2-3,8-10,13-15,17H,1,4-7,11-12,16,18-19H2,(H2,24,25)/b;13-3-,21-17+. The maximum Gasteiger partial charge on any atom is 0.217 e. The molecule has 10 heteroatoms. The van der Waals surface area contributed by atoms with Gasteiger partial charge >= 0.3 is 0 Å². The minimum atomic E-state index is -1.09. The van der Waals surface area contributed by atoms with Gasteiger partial charge in [-0.3, -0.25) is 9.59 Å². The van der Waals surface area contributed by atoms with Crippen LogP contribution in [0.25, 0.3) is 0 Å². The molecule has 0 bridgehead atoms. The topological polar surface area (TPSA) is 169 Å². The summed E-state index contributed by atoms with van der Waals surface area (Å²) in [7, 11) is 0. The van der Waals surface area contributed by atoms with Crippen molar-refractivity contribution in [1.82, 2.24) is 0 Å². The van der Waals surface area contributed by atoms with Gasteiger partial charge < -0.3 is 40.4 Å². The zero-order chi connectivity index (χ0) is 41.8. The molecule has 0 radical (unpaired) electrons. The molecule has 0 aliphatic carbocycles. The van der Waals surface area contributed by atoms with E-state index >= 15 is 0 Å². The van der Waals surface area contributed by atoms with Gasteiger partial charge in [0.15, 0.2) is 12.1 Å². The van der Waals surface area contributed by atoms with Crippen LogP contribution < -0.4 is 5.73 Å². The van der Waals surface area contributed by atoms with E-state index < -0.39 is 24.6 Å². The predicted octanol–water partition coefficient (Wildman–Crippen LogP) is 8.83. The molecule has 10 nitrogen and oxygen atoms in total. The maximum absolute atomic E-state index is 12.5. The average molecular weight is 802 g/mol. The molecule has 1 fully saturated rings. The number of benzene rings is 1. The van der Waals surface area contributed by atoms with E-state index in [2.05, 4.69) is 13.5 Å². The number of aliphatic hydroxyl groups is 4. The molecule has 1 amide bonds. The van der Waals surface area contributed by atoms with Gasteiger partial charge in [-0.1, -0.05) is 171 Å². The van der Waals surface area contributed by atoms with Gasteiger partial charge in [0.05, 0.1) is 32.0 Å². The highest BCUT2D eigenvalue weighted by Gasteiger charge is 2.36. The summed E-state index contributed by atoms with van der Waals surface area (Å²) in [5.41, 5.74) is 6.38. The van der Waals surface area contributed by atoms with E-state index in [1.54, 1.807) is 18.2 Å². The van der Waals surface area contributed by atoms with Crippen LogP contribution >= 0.6 is 0 Å². The molecule has 1 aliphatic heterocycles. The van der Waals surface area contributed by atoms with Crippen molar-refractivity contribution in [2.75, 3.05) is 26.4 Å². The molecule has 57 heavy (non-hydrogen) atoms. The summed E-state index contributed by atoms with van der Waals surface area (Å²) in [4.78, 5) is 23.2. The fraction of sp³-hybridized carbons (Fsp3) is 0.702. The molecule has 0 saturated carbocycles. The van der Waals surface area contributed by atoms with Crippen LogP contribution in [-0.2, 0) is 19.0 Å². The molecule has 0 spiro atoms. The lowest BCUT2D eigenvalue weighted by Crippen LogP contribution is -2.50. The number of carbonyl (C=O) groups excluding carboxylic acids is 2. The number of carbonyl (C=O) groups is 2. The number of ether oxygens (including phenoxy) is 3. The van der Waals surface area contributed by atoms with Crippen LogP contribution in [-0.4, -0.2) is 89.2 Å². The third-order valence-corrected chi connectivity index (χ3v) is 10.2. The third-order valence-electron chi connectivity index (χ3n) is 10.2. The third kappa shape index (κ3) is 28.4. The largest absolute Gasteiger partial charge is 0.394 e. The molecule has 5 unspecified atom stereocenters. The Morgan fingerprint density at radius 3 is 2.00 bits per heavy atom. The SMILES string of the molecule is C=C/C=C\C(=C/COCCCCCCCCC(N)=O)C(=O)c1ccccc1.CCCCCCCCCCCCCCCC(O)CCOC1CC(O)C(O)C(CO)O1. The van der Waals surface area contributed by atoms with Crippen LogP contribution in [0, 0.1) is 0 Å². The fourth-order valence-electron chi connectivity index (χ4n) is 6.66. The van der Waals surface area contributed by atoms with E-state index in [4.69, 9.17) is 25.1 Å². The van der Waals surface area contributed by atoms with Crippen molar-refractivity contribution < 1.29 is 44.2 Å². The van der Waals surface area contributed by atoms with E-state index in [0.29, 0.717) is 43.8 Å².